The first-order valence-electron chi connectivity index (χ1n) is 6.94. The molecule has 0 bridgehead atoms. The van der Waals surface area contributed by atoms with Crippen molar-refractivity contribution in [2.75, 3.05) is 0 Å². The molecule has 4 nitrogen and oxygen atoms in total. The van der Waals surface area contributed by atoms with Gasteiger partial charge in [0.25, 0.3) is 5.91 Å². The van der Waals surface area contributed by atoms with Crippen LogP contribution in [-0.2, 0) is 13.1 Å². The van der Waals surface area contributed by atoms with Gasteiger partial charge in [-0.3, -0.25) is 4.79 Å². The number of nitrogens with one attached hydrogen (secondary N) is 2. The molecule has 1 saturated carbocycles. The summed E-state index contributed by atoms with van der Waals surface area (Å²) in [6, 6.07) is 11.9. The van der Waals surface area contributed by atoms with E-state index in [0.717, 1.165) is 36.3 Å². The molecular weight excluding hydrogens is 252 g/mol. The van der Waals surface area contributed by atoms with Crippen LogP contribution in [0.2, 0.25) is 0 Å². The van der Waals surface area contributed by atoms with Crippen LogP contribution >= 0.6 is 0 Å². The highest BCUT2D eigenvalue weighted by atomic mass is 16.3. The highest BCUT2D eigenvalue weighted by Gasteiger charge is 2.23. The van der Waals surface area contributed by atoms with E-state index in [2.05, 4.69) is 10.6 Å². The summed E-state index contributed by atoms with van der Waals surface area (Å²) in [5, 5.41) is 6.29. The molecule has 0 spiro atoms. The maximum absolute atomic E-state index is 11.8. The van der Waals surface area contributed by atoms with E-state index in [0.29, 0.717) is 12.6 Å². The normalized spacial score (nSPS) is 14.2. The second-order valence-corrected chi connectivity index (χ2v) is 5.13. The average Bonchev–Trinajstić information content (AvgIpc) is 3.12. The van der Waals surface area contributed by atoms with Crippen LogP contribution in [0.25, 0.3) is 0 Å². The first-order chi connectivity index (χ1) is 9.81. The van der Waals surface area contributed by atoms with E-state index >= 15 is 0 Å². The maximum Gasteiger partial charge on any atom is 0.251 e. The first-order valence-corrected chi connectivity index (χ1v) is 6.94. The van der Waals surface area contributed by atoms with Gasteiger partial charge in [-0.25, -0.2) is 0 Å². The van der Waals surface area contributed by atoms with Gasteiger partial charge in [0, 0.05) is 18.2 Å². The molecule has 0 radical (unpaired) electrons. The number of benzene rings is 1. The van der Waals surface area contributed by atoms with Gasteiger partial charge in [-0.15, -0.1) is 0 Å². The second-order valence-electron chi connectivity index (χ2n) is 5.13. The van der Waals surface area contributed by atoms with E-state index in [1.165, 1.54) is 0 Å². The molecule has 2 N–H and O–H groups in total. The van der Waals surface area contributed by atoms with Crippen LogP contribution < -0.4 is 10.6 Å². The molecule has 1 fully saturated rings. The van der Waals surface area contributed by atoms with Crippen molar-refractivity contribution in [1.82, 2.24) is 10.6 Å². The van der Waals surface area contributed by atoms with E-state index in [1.807, 2.05) is 36.4 Å². The molecular formula is C16H18N2O2. The number of hydrogen-bond donors (Lipinski definition) is 2. The summed E-state index contributed by atoms with van der Waals surface area (Å²) in [6.07, 6.45) is 3.89. The van der Waals surface area contributed by atoms with Crippen LogP contribution in [0.15, 0.2) is 47.1 Å². The molecule has 1 aromatic carbocycles. The number of carbonyl (C=O) groups excluding carboxylic acids is 1. The molecule has 1 aliphatic rings. The lowest BCUT2D eigenvalue weighted by molar-refractivity contribution is 0.0951. The summed E-state index contributed by atoms with van der Waals surface area (Å²) in [4.78, 5) is 11.8. The largest absolute Gasteiger partial charge is 0.468 e. The van der Waals surface area contributed by atoms with Crippen LogP contribution in [0, 0.1) is 0 Å². The Kier molecular flexibility index (Phi) is 3.83. The summed E-state index contributed by atoms with van der Waals surface area (Å²) in [7, 11) is 0. The molecule has 0 aliphatic heterocycles. The van der Waals surface area contributed by atoms with Gasteiger partial charge < -0.3 is 15.1 Å². The minimum absolute atomic E-state index is 0.0302. The van der Waals surface area contributed by atoms with Crippen LogP contribution in [0.5, 0.6) is 0 Å². The molecule has 1 heterocycles. The number of amides is 1. The van der Waals surface area contributed by atoms with Gasteiger partial charge in [0.05, 0.1) is 12.8 Å². The van der Waals surface area contributed by atoms with Crippen molar-refractivity contribution in [3.8, 4) is 0 Å². The fourth-order valence-electron chi connectivity index (χ4n) is 2.01. The molecule has 0 unspecified atom stereocenters. The Morgan fingerprint density at radius 1 is 1.15 bits per heavy atom. The molecule has 1 aromatic heterocycles. The summed E-state index contributed by atoms with van der Waals surface area (Å²) in [6.45, 7) is 1.46. The lowest BCUT2D eigenvalue weighted by Crippen LogP contribution is -2.25. The Morgan fingerprint density at radius 3 is 2.60 bits per heavy atom. The zero-order chi connectivity index (χ0) is 13.8. The highest BCUT2D eigenvalue weighted by molar-refractivity contribution is 5.94. The smallest absolute Gasteiger partial charge is 0.251 e. The molecule has 104 valence electrons. The fraction of sp³-hybridized carbons (Fsp3) is 0.312. The maximum atomic E-state index is 11.8. The van der Waals surface area contributed by atoms with E-state index < -0.39 is 0 Å². The van der Waals surface area contributed by atoms with Gasteiger partial charge in [0.2, 0.25) is 0 Å². The molecule has 0 saturated heterocycles. The molecule has 3 rings (SSSR count). The zero-order valence-electron chi connectivity index (χ0n) is 11.3. The monoisotopic (exact) mass is 270 g/mol. The molecule has 2 aromatic rings. The minimum Gasteiger partial charge on any atom is -0.468 e. The quantitative estimate of drug-likeness (QED) is 0.847. The SMILES string of the molecule is O=C(NC1CC1)c1ccc(CNCc2ccco2)cc1. The summed E-state index contributed by atoms with van der Waals surface area (Å²) < 4.78 is 5.25. The van der Waals surface area contributed by atoms with Crippen LogP contribution in [-0.4, -0.2) is 11.9 Å². The summed E-state index contributed by atoms with van der Waals surface area (Å²) >= 11 is 0. The van der Waals surface area contributed by atoms with E-state index in [1.54, 1.807) is 6.26 Å². The average molecular weight is 270 g/mol. The number of rotatable bonds is 6. The lowest BCUT2D eigenvalue weighted by atomic mass is 10.1. The van der Waals surface area contributed by atoms with E-state index in [-0.39, 0.29) is 5.91 Å². The summed E-state index contributed by atoms with van der Waals surface area (Å²) in [5.74, 6) is 0.952. The predicted octanol–water partition coefficient (Wildman–Crippen LogP) is 2.46. The Labute approximate surface area is 118 Å². The van der Waals surface area contributed by atoms with Gasteiger partial charge in [-0.05, 0) is 42.7 Å². The lowest BCUT2D eigenvalue weighted by Gasteiger charge is -2.06. The van der Waals surface area contributed by atoms with Gasteiger partial charge >= 0.3 is 0 Å². The fourth-order valence-corrected chi connectivity index (χ4v) is 2.01. The zero-order valence-corrected chi connectivity index (χ0v) is 11.3. The first kappa shape index (κ1) is 12.9. The van der Waals surface area contributed by atoms with Crippen molar-refractivity contribution in [2.45, 2.75) is 32.0 Å². The number of hydrogen-bond acceptors (Lipinski definition) is 3. The minimum atomic E-state index is 0.0302. The van der Waals surface area contributed by atoms with E-state index in [4.69, 9.17) is 4.42 Å². The Morgan fingerprint density at radius 2 is 1.95 bits per heavy atom. The van der Waals surface area contributed by atoms with Gasteiger partial charge in [0.1, 0.15) is 5.76 Å². The van der Waals surface area contributed by atoms with Gasteiger partial charge in [-0.1, -0.05) is 12.1 Å². The Bertz CT molecular complexity index is 557. The highest BCUT2D eigenvalue weighted by Crippen LogP contribution is 2.19. The van der Waals surface area contributed by atoms with Crippen molar-refractivity contribution >= 4 is 5.91 Å². The topological polar surface area (TPSA) is 54.3 Å². The Hall–Kier alpha value is -2.07. The predicted molar refractivity (Wildman–Crippen MR) is 76.2 cm³/mol. The van der Waals surface area contributed by atoms with Crippen molar-refractivity contribution in [2.24, 2.45) is 0 Å². The Balaban J connectivity index is 1.49. The number of furan rings is 1. The second kappa shape index (κ2) is 5.92. The van der Waals surface area contributed by atoms with Crippen LogP contribution in [0.4, 0.5) is 0 Å². The third-order valence-corrected chi connectivity index (χ3v) is 3.34. The molecule has 0 atom stereocenters. The van der Waals surface area contributed by atoms with Gasteiger partial charge in [0.15, 0.2) is 0 Å². The van der Waals surface area contributed by atoms with Crippen LogP contribution in [0.3, 0.4) is 0 Å². The number of carbonyl (C=O) groups is 1. The molecule has 4 heteroatoms. The van der Waals surface area contributed by atoms with Gasteiger partial charge in [-0.2, -0.15) is 0 Å². The van der Waals surface area contributed by atoms with E-state index in [9.17, 15) is 4.79 Å². The van der Waals surface area contributed by atoms with Crippen molar-refractivity contribution in [3.05, 3.63) is 59.5 Å². The van der Waals surface area contributed by atoms with Crippen LogP contribution in [0.1, 0.15) is 34.5 Å². The third-order valence-electron chi connectivity index (χ3n) is 3.34. The molecule has 1 amide bonds. The van der Waals surface area contributed by atoms with Crippen molar-refractivity contribution in [1.29, 1.82) is 0 Å². The standard InChI is InChI=1S/C16H18N2O2/c19-16(18-14-7-8-14)13-5-3-12(4-6-13)10-17-11-15-2-1-9-20-15/h1-6,9,14,17H,7-8,10-11H2,(H,18,19). The molecule has 1 aliphatic carbocycles. The third kappa shape index (κ3) is 3.48. The molecule has 20 heavy (non-hydrogen) atoms. The summed E-state index contributed by atoms with van der Waals surface area (Å²) in [5.41, 5.74) is 1.88. The van der Waals surface area contributed by atoms with Crippen molar-refractivity contribution < 1.29 is 9.21 Å². The van der Waals surface area contributed by atoms with Crippen molar-refractivity contribution in [3.63, 3.8) is 0 Å².